The van der Waals surface area contributed by atoms with Crippen LogP contribution in [0.2, 0.25) is 0 Å². The Kier molecular flexibility index (Phi) is 5.44. The SMILES string of the molecule is CCC1CCCN(CCC2CCCC2(N)C(=O)O)CC1. The number of nitrogens with zero attached hydrogens (tertiary/aromatic N) is 1. The maximum Gasteiger partial charge on any atom is 0.323 e. The van der Waals surface area contributed by atoms with Crippen LogP contribution in [-0.2, 0) is 4.79 Å². The van der Waals surface area contributed by atoms with Crippen molar-refractivity contribution in [2.24, 2.45) is 17.6 Å². The minimum Gasteiger partial charge on any atom is -0.480 e. The Balaban J connectivity index is 1.81. The molecule has 20 heavy (non-hydrogen) atoms. The molecule has 1 saturated heterocycles. The molecule has 3 N–H and O–H groups in total. The van der Waals surface area contributed by atoms with Crippen molar-refractivity contribution in [3.8, 4) is 0 Å². The first kappa shape index (κ1) is 15.8. The molecule has 2 rings (SSSR count). The molecule has 2 aliphatic rings. The minimum atomic E-state index is -0.961. The van der Waals surface area contributed by atoms with Crippen LogP contribution in [0.15, 0.2) is 0 Å². The molecule has 0 aromatic heterocycles. The molecule has 1 aliphatic heterocycles. The second-order valence-electron chi connectivity index (χ2n) is 6.77. The van der Waals surface area contributed by atoms with Crippen LogP contribution in [0, 0.1) is 11.8 Å². The van der Waals surface area contributed by atoms with E-state index in [1.807, 2.05) is 0 Å². The quantitative estimate of drug-likeness (QED) is 0.813. The van der Waals surface area contributed by atoms with E-state index < -0.39 is 11.5 Å². The molecule has 0 spiro atoms. The van der Waals surface area contributed by atoms with Crippen molar-refractivity contribution >= 4 is 5.97 Å². The van der Waals surface area contributed by atoms with Gasteiger partial charge in [0.1, 0.15) is 5.54 Å². The highest BCUT2D eigenvalue weighted by molar-refractivity contribution is 5.79. The number of rotatable bonds is 5. The first-order valence-corrected chi connectivity index (χ1v) is 8.31. The van der Waals surface area contributed by atoms with Crippen molar-refractivity contribution in [1.29, 1.82) is 0 Å². The van der Waals surface area contributed by atoms with Crippen LogP contribution >= 0.6 is 0 Å². The molecule has 3 atom stereocenters. The lowest BCUT2D eigenvalue weighted by molar-refractivity contribution is -0.144. The van der Waals surface area contributed by atoms with E-state index in [1.54, 1.807) is 0 Å². The van der Waals surface area contributed by atoms with Gasteiger partial charge >= 0.3 is 5.97 Å². The second-order valence-corrected chi connectivity index (χ2v) is 6.77. The molecule has 4 nitrogen and oxygen atoms in total. The van der Waals surface area contributed by atoms with Crippen molar-refractivity contribution in [3.05, 3.63) is 0 Å². The molecular formula is C16H30N2O2. The zero-order valence-electron chi connectivity index (χ0n) is 12.8. The fourth-order valence-corrected chi connectivity index (χ4v) is 3.98. The predicted molar refractivity (Wildman–Crippen MR) is 80.6 cm³/mol. The van der Waals surface area contributed by atoms with Gasteiger partial charge < -0.3 is 15.7 Å². The van der Waals surface area contributed by atoms with Crippen molar-refractivity contribution in [1.82, 2.24) is 4.90 Å². The van der Waals surface area contributed by atoms with E-state index in [9.17, 15) is 9.90 Å². The zero-order valence-corrected chi connectivity index (χ0v) is 12.8. The van der Waals surface area contributed by atoms with Gasteiger partial charge in [-0.3, -0.25) is 4.79 Å². The molecule has 2 fully saturated rings. The molecule has 3 unspecified atom stereocenters. The van der Waals surface area contributed by atoms with Crippen LogP contribution in [0.5, 0.6) is 0 Å². The van der Waals surface area contributed by atoms with Gasteiger partial charge in [-0.15, -0.1) is 0 Å². The van der Waals surface area contributed by atoms with Crippen molar-refractivity contribution < 1.29 is 9.90 Å². The van der Waals surface area contributed by atoms with Gasteiger partial charge in [-0.05, 0) is 70.0 Å². The van der Waals surface area contributed by atoms with E-state index in [4.69, 9.17) is 5.73 Å². The Labute approximate surface area is 122 Å². The highest BCUT2D eigenvalue weighted by Gasteiger charge is 2.45. The number of carbonyl (C=O) groups is 1. The first-order chi connectivity index (χ1) is 9.56. The summed E-state index contributed by atoms with van der Waals surface area (Å²) in [5, 5.41) is 9.35. The largest absolute Gasteiger partial charge is 0.480 e. The summed E-state index contributed by atoms with van der Waals surface area (Å²) in [4.78, 5) is 13.9. The Bertz CT molecular complexity index is 334. The van der Waals surface area contributed by atoms with Crippen LogP contribution in [0.4, 0.5) is 0 Å². The summed E-state index contributed by atoms with van der Waals surface area (Å²) < 4.78 is 0. The Morgan fingerprint density at radius 1 is 1.30 bits per heavy atom. The molecule has 1 heterocycles. The lowest BCUT2D eigenvalue weighted by atomic mass is 9.85. The summed E-state index contributed by atoms with van der Waals surface area (Å²) in [7, 11) is 0. The van der Waals surface area contributed by atoms with Gasteiger partial charge in [0.15, 0.2) is 0 Å². The molecule has 116 valence electrons. The Morgan fingerprint density at radius 3 is 2.80 bits per heavy atom. The predicted octanol–water partition coefficient (Wildman–Crippen LogP) is 2.47. The van der Waals surface area contributed by atoms with E-state index in [0.29, 0.717) is 6.42 Å². The summed E-state index contributed by atoms with van der Waals surface area (Å²) >= 11 is 0. The van der Waals surface area contributed by atoms with E-state index in [1.165, 1.54) is 38.8 Å². The van der Waals surface area contributed by atoms with Crippen LogP contribution < -0.4 is 5.73 Å². The number of hydrogen-bond donors (Lipinski definition) is 2. The Morgan fingerprint density at radius 2 is 2.10 bits per heavy atom. The van der Waals surface area contributed by atoms with Gasteiger partial charge in [0.25, 0.3) is 0 Å². The molecule has 1 saturated carbocycles. The normalized spacial score (nSPS) is 35.9. The summed E-state index contributed by atoms with van der Waals surface area (Å²) in [6.45, 7) is 5.66. The first-order valence-electron chi connectivity index (χ1n) is 8.31. The second kappa shape index (κ2) is 6.90. The van der Waals surface area contributed by atoms with Crippen molar-refractivity contribution in [3.63, 3.8) is 0 Å². The topological polar surface area (TPSA) is 66.6 Å². The van der Waals surface area contributed by atoms with Crippen molar-refractivity contribution in [2.75, 3.05) is 19.6 Å². The third-order valence-electron chi connectivity index (χ3n) is 5.58. The van der Waals surface area contributed by atoms with E-state index in [0.717, 1.165) is 31.7 Å². The number of hydrogen-bond acceptors (Lipinski definition) is 3. The highest BCUT2D eigenvalue weighted by atomic mass is 16.4. The van der Waals surface area contributed by atoms with Gasteiger partial charge in [0, 0.05) is 0 Å². The number of aliphatic carboxylic acids is 1. The van der Waals surface area contributed by atoms with Crippen LogP contribution in [0.25, 0.3) is 0 Å². The summed E-state index contributed by atoms with van der Waals surface area (Å²) in [6, 6.07) is 0. The van der Waals surface area contributed by atoms with E-state index in [-0.39, 0.29) is 5.92 Å². The van der Waals surface area contributed by atoms with Gasteiger partial charge in [-0.1, -0.05) is 19.8 Å². The lowest BCUT2D eigenvalue weighted by Gasteiger charge is -2.29. The van der Waals surface area contributed by atoms with E-state index in [2.05, 4.69) is 11.8 Å². The average molecular weight is 282 g/mol. The van der Waals surface area contributed by atoms with E-state index >= 15 is 0 Å². The fraction of sp³-hybridized carbons (Fsp3) is 0.938. The molecular weight excluding hydrogens is 252 g/mol. The fourth-order valence-electron chi connectivity index (χ4n) is 3.98. The van der Waals surface area contributed by atoms with Crippen LogP contribution in [0.3, 0.4) is 0 Å². The molecule has 0 aromatic rings. The van der Waals surface area contributed by atoms with Crippen LogP contribution in [0.1, 0.15) is 58.3 Å². The highest BCUT2D eigenvalue weighted by Crippen LogP contribution is 2.36. The summed E-state index contributed by atoms with van der Waals surface area (Å²) in [6.07, 6.45) is 8.77. The van der Waals surface area contributed by atoms with Gasteiger partial charge in [0.05, 0.1) is 0 Å². The summed E-state index contributed by atoms with van der Waals surface area (Å²) in [5.41, 5.74) is 5.16. The van der Waals surface area contributed by atoms with Crippen LogP contribution in [-0.4, -0.2) is 41.1 Å². The number of carboxylic acid groups (broad SMARTS) is 1. The molecule has 0 amide bonds. The molecule has 1 aliphatic carbocycles. The molecule has 0 bridgehead atoms. The zero-order chi connectivity index (χ0) is 14.6. The number of nitrogens with two attached hydrogens (primary N) is 1. The molecule has 4 heteroatoms. The maximum atomic E-state index is 11.4. The third kappa shape index (κ3) is 3.53. The van der Waals surface area contributed by atoms with Gasteiger partial charge in [0.2, 0.25) is 0 Å². The lowest BCUT2D eigenvalue weighted by Crippen LogP contribution is -2.51. The van der Waals surface area contributed by atoms with Gasteiger partial charge in [-0.25, -0.2) is 0 Å². The third-order valence-corrected chi connectivity index (χ3v) is 5.58. The number of likely N-dealkylation sites (tertiary alicyclic amines) is 1. The van der Waals surface area contributed by atoms with Gasteiger partial charge in [-0.2, -0.15) is 0 Å². The van der Waals surface area contributed by atoms with Crippen molar-refractivity contribution in [2.45, 2.75) is 63.8 Å². The smallest absolute Gasteiger partial charge is 0.323 e. The molecule has 0 aromatic carbocycles. The monoisotopic (exact) mass is 282 g/mol. The molecule has 0 radical (unpaired) electrons. The standard InChI is InChI=1S/C16H30N2O2/c1-2-13-5-4-10-18(11-7-13)12-8-14-6-3-9-16(14,17)15(19)20/h13-14H,2-12,17H2,1H3,(H,19,20). The Hall–Kier alpha value is -0.610. The average Bonchev–Trinajstić information content (AvgIpc) is 2.67. The maximum absolute atomic E-state index is 11.4. The minimum absolute atomic E-state index is 0.158. The number of carboxylic acids is 1. The summed E-state index contributed by atoms with van der Waals surface area (Å²) in [5.74, 6) is 0.242.